The first kappa shape index (κ1) is 18.0. The van der Waals surface area contributed by atoms with Gasteiger partial charge in [0.25, 0.3) is 10.0 Å². The van der Waals surface area contributed by atoms with Gasteiger partial charge in [0.2, 0.25) is 5.91 Å². The highest BCUT2D eigenvalue weighted by atomic mass is 32.2. The van der Waals surface area contributed by atoms with Gasteiger partial charge in [-0.25, -0.2) is 8.42 Å². The maximum Gasteiger partial charge on any atom is 0.261 e. The van der Waals surface area contributed by atoms with Crippen molar-refractivity contribution in [2.24, 2.45) is 0 Å². The minimum absolute atomic E-state index is 0.0389. The van der Waals surface area contributed by atoms with Gasteiger partial charge in [-0.2, -0.15) is 5.26 Å². The SMILES string of the molecule is CCCN1C(=O)CCc2cc(NS(=O)(=O)c3cccc(C#N)c3)ccc21. The molecule has 134 valence electrons. The lowest BCUT2D eigenvalue weighted by molar-refractivity contribution is -0.118. The molecule has 0 aliphatic carbocycles. The highest BCUT2D eigenvalue weighted by Crippen LogP contribution is 2.31. The molecular weight excluding hydrogens is 350 g/mol. The molecule has 26 heavy (non-hydrogen) atoms. The summed E-state index contributed by atoms with van der Waals surface area (Å²) in [5, 5.41) is 8.94. The summed E-state index contributed by atoms with van der Waals surface area (Å²) < 4.78 is 27.7. The zero-order chi connectivity index (χ0) is 18.7. The van der Waals surface area contributed by atoms with E-state index in [-0.39, 0.29) is 16.4 Å². The molecule has 0 unspecified atom stereocenters. The molecule has 0 bridgehead atoms. The predicted molar refractivity (Wildman–Crippen MR) is 99.4 cm³/mol. The molecule has 1 aliphatic rings. The molecule has 6 nitrogen and oxygen atoms in total. The van der Waals surface area contributed by atoms with Gasteiger partial charge in [-0.15, -0.1) is 0 Å². The highest BCUT2D eigenvalue weighted by molar-refractivity contribution is 7.92. The number of fused-ring (bicyclic) bond motifs is 1. The van der Waals surface area contributed by atoms with Crippen LogP contribution in [0.1, 0.15) is 30.9 Å². The minimum Gasteiger partial charge on any atom is -0.312 e. The van der Waals surface area contributed by atoms with Crippen molar-refractivity contribution >= 4 is 27.3 Å². The summed E-state index contributed by atoms with van der Waals surface area (Å²) in [6.45, 7) is 2.66. The largest absolute Gasteiger partial charge is 0.312 e. The third-order valence-electron chi connectivity index (χ3n) is 4.25. The number of amides is 1. The summed E-state index contributed by atoms with van der Waals surface area (Å²) in [5.74, 6) is 0.0981. The van der Waals surface area contributed by atoms with Gasteiger partial charge < -0.3 is 4.90 Å². The molecular formula is C19H19N3O3S. The number of nitrogens with one attached hydrogen (secondary N) is 1. The molecule has 0 fully saturated rings. The molecule has 0 radical (unpaired) electrons. The lowest BCUT2D eigenvalue weighted by Gasteiger charge is -2.29. The number of carbonyl (C=O) groups is 1. The van der Waals surface area contributed by atoms with Gasteiger partial charge in [0, 0.05) is 24.3 Å². The number of aryl methyl sites for hydroxylation is 1. The number of rotatable bonds is 5. The van der Waals surface area contributed by atoms with Crippen LogP contribution in [0.4, 0.5) is 11.4 Å². The Balaban J connectivity index is 1.89. The van der Waals surface area contributed by atoms with Gasteiger partial charge in [-0.1, -0.05) is 13.0 Å². The Morgan fingerprint density at radius 2 is 2.00 bits per heavy atom. The second-order valence-corrected chi connectivity index (χ2v) is 7.82. The number of benzene rings is 2. The number of nitriles is 1. The van der Waals surface area contributed by atoms with Gasteiger partial charge in [-0.05, 0) is 54.8 Å². The zero-order valence-corrected chi connectivity index (χ0v) is 15.2. The van der Waals surface area contributed by atoms with Crippen LogP contribution < -0.4 is 9.62 Å². The number of anilines is 2. The summed E-state index contributed by atoms with van der Waals surface area (Å²) in [5.41, 5.74) is 2.52. The smallest absolute Gasteiger partial charge is 0.261 e. The average Bonchev–Trinajstić information content (AvgIpc) is 2.64. The van der Waals surface area contributed by atoms with E-state index < -0.39 is 10.0 Å². The first-order valence-electron chi connectivity index (χ1n) is 8.41. The van der Waals surface area contributed by atoms with Crippen LogP contribution in [0.2, 0.25) is 0 Å². The van der Waals surface area contributed by atoms with E-state index in [4.69, 9.17) is 5.26 Å². The van der Waals surface area contributed by atoms with Crippen LogP contribution in [-0.4, -0.2) is 20.9 Å². The van der Waals surface area contributed by atoms with E-state index in [1.165, 1.54) is 18.2 Å². The number of sulfonamides is 1. The Morgan fingerprint density at radius 1 is 1.19 bits per heavy atom. The first-order chi connectivity index (χ1) is 12.4. The normalized spacial score (nSPS) is 13.8. The van der Waals surface area contributed by atoms with Crippen molar-refractivity contribution in [2.75, 3.05) is 16.2 Å². The Hall–Kier alpha value is -2.85. The van der Waals surface area contributed by atoms with E-state index in [0.29, 0.717) is 25.1 Å². The Labute approximate surface area is 153 Å². The van der Waals surface area contributed by atoms with Crippen molar-refractivity contribution in [2.45, 2.75) is 31.1 Å². The van der Waals surface area contributed by atoms with Crippen LogP contribution >= 0.6 is 0 Å². The molecule has 1 aliphatic heterocycles. The van der Waals surface area contributed by atoms with Crippen LogP contribution in [-0.2, 0) is 21.2 Å². The highest BCUT2D eigenvalue weighted by Gasteiger charge is 2.24. The molecule has 1 heterocycles. The van der Waals surface area contributed by atoms with Gasteiger partial charge in [0.05, 0.1) is 16.5 Å². The van der Waals surface area contributed by atoms with E-state index in [1.54, 1.807) is 29.2 Å². The monoisotopic (exact) mass is 369 g/mol. The summed E-state index contributed by atoms with van der Waals surface area (Å²) >= 11 is 0. The third kappa shape index (κ3) is 3.55. The van der Waals surface area contributed by atoms with Crippen molar-refractivity contribution in [1.29, 1.82) is 5.26 Å². The average molecular weight is 369 g/mol. The van der Waals surface area contributed by atoms with E-state index >= 15 is 0 Å². The number of hydrogen-bond acceptors (Lipinski definition) is 4. The molecule has 2 aromatic carbocycles. The quantitative estimate of drug-likeness (QED) is 0.877. The molecule has 0 saturated heterocycles. The summed E-state index contributed by atoms with van der Waals surface area (Å²) in [6.07, 6.45) is 1.87. The molecule has 0 atom stereocenters. The lowest BCUT2D eigenvalue weighted by Crippen LogP contribution is -2.35. The Morgan fingerprint density at radius 3 is 2.73 bits per heavy atom. The van der Waals surface area contributed by atoms with Crippen LogP contribution in [0.5, 0.6) is 0 Å². The van der Waals surface area contributed by atoms with Crippen LogP contribution in [0.25, 0.3) is 0 Å². The number of carbonyl (C=O) groups excluding carboxylic acids is 1. The number of nitrogens with zero attached hydrogens (tertiary/aromatic N) is 2. The standard InChI is InChI=1S/C19H19N3O3S/c1-2-10-22-18-8-7-16(12-15(18)6-9-19(22)23)21-26(24,25)17-5-3-4-14(11-17)13-20/h3-5,7-8,11-12,21H,2,6,9-10H2,1H3. The molecule has 7 heteroatoms. The second kappa shape index (κ2) is 7.18. The second-order valence-electron chi connectivity index (χ2n) is 6.13. The van der Waals surface area contributed by atoms with Crippen molar-refractivity contribution in [3.63, 3.8) is 0 Å². The molecule has 3 rings (SSSR count). The van der Waals surface area contributed by atoms with Crippen LogP contribution in [0.15, 0.2) is 47.4 Å². The Kier molecular flexibility index (Phi) is 4.96. The van der Waals surface area contributed by atoms with Crippen LogP contribution in [0, 0.1) is 11.3 Å². The fourth-order valence-electron chi connectivity index (χ4n) is 3.04. The van der Waals surface area contributed by atoms with Crippen molar-refractivity contribution in [3.05, 3.63) is 53.6 Å². The molecule has 0 saturated carbocycles. The van der Waals surface area contributed by atoms with Crippen molar-refractivity contribution < 1.29 is 13.2 Å². The molecule has 2 aromatic rings. The van der Waals surface area contributed by atoms with E-state index in [2.05, 4.69) is 4.72 Å². The predicted octanol–water partition coefficient (Wildman–Crippen LogP) is 3.05. The van der Waals surface area contributed by atoms with Gasteiger partial charge in [-0.3, -0.25) is 9.52 Å². The maximum atomic E-state index is 12.6. The van der Waals surface area contributed by atoms with E-state index in [9.17, 15) is 13.2 Å². The van der Waals surface area contributed by atoms with E-state index in [0.717, 1.165) is 17.7 Å². The molecule has 1 amide bonds. The van der Waals surface area contributed by atoms with Crippen molar-refractivity contribution in [3.8, 4) is 6.07 Å². The fourth-order valence-corrected chi connectivity index (χ4v) is 4.13. The molecule has 0 aromatic heterocycles. The van der Waals surface area contributed by atoms with Crippen LogP contribution in [0.3, 0.4) is 0 Å². The third-order valence-corrected chi connectivity index (χ3v) is 5.63. The molecule has 0 spiro atoms. The maximum absolute atomic E-state index is 12.6. The topological polar surface area (TPSA) is 90.3 Å². The van der Waals surface area contributed by atoms with E-state index in [1.807, 2.05) is 13.0 Å². The summed E-state index contributed by atoms with van der Waals surface area (Å²) in [4.78, 5) is 13.9. The summed E-state index contributed by atoms with van der Waals surface area (Å²) in [6, 6.07) is 13.0. The van der Waals surface area contributed by atoms with Crippen molar-refractivity contribution in [1.82, 2.24) is 0 Å². The van der Waals surface area contributed by atoms with Gasteiger partial charge in [0.15, 0.2) is 0 Å². The Bertz CT molecular complexity index is 993. The fraction of sp³-hybridized carbons (Fsp3) is 0.263. The van der Waals surface area contributed by atoms with Gasteiger partial charge in [0.1, 0.15) is 0 Å². The lowest BCUT2D eigenvalue weighted by atomic mass is 10.0. The zero-order valence-electron chi connectivity index (χ0n) is 14.4. The number of hydrogen-bond donors (Lipinski definition) is 1. The first-order valence-corrected chi connectivity index (χ1v) is 9.89. The van der Waals surface area contributed by atoms with Gasteiger partial charge >= 0.3 is 0 Å². The summed E-state index contributed by atoms with van der Waals surface area (Å²) in [7, 11) is -3.79. The minimum atomic E-state index is -3.79. The molecule has 1 N–H and O–H groups in total.